The Kier molecular flexibility index (Phi) is 5.82. The molecule has 3 N–H and O–H groups in total. The number of para-hydroxylation sites is 2. The normalized spacial score (nSPS) is 13.4. The van der Waals surface area contributed by atoms with Crippen LogP contribution in [0.4, 0.5) is 21.9 Å². The van der Waals surface area contributed by atoms with Gasteiger partial charge in [-0.15, -0.1) is 11.3 Å². The van der Waals surface area contributed by atoms with E-state index >= 15 is 0 Å². The Bertz CT molecular complexity index is 1590. The third-order valence-electron chi connectivity index (χ3n) is 5.47. The lowest BCUT2D eigenvalue weighted by atomic mass is 10.0. The highest BCUT2D eigenvalue weighted by Crippen LogP contribution is 2.40. The quantitative estimate of drug-likeness (QED) is 0.143. The zero-order valence-electron chi connectivity index (χ0n) is 18.4. The first-order valence-corrected chi connectivity index (χ1v) is 11.4. The number of nitrogens with zero attached hydrogens (tertiary/aromatic N) is 3. The molecule has 4 aromatic rings. The summed E-state index contributed by atoms with van der Waals surface area (Å²) in [6.07, 6.45) is -1.44. The van der Waals surface area contributed by atoms with E-state index in [-0.39, 0.29) is 22.9 Å². The van der Waals surface area contributed by atoms with E-state index in [0.717, 1.165) is 0 Å². The van der Waals surface area contributed by atoms with Gasteiger partial charge in [-0.3, -0.25) is 15.1 Å². The van der Waals surface area contributed by atoms with Gasteiger partial charge in [-0.1, -0.05) is 42.5 Å². The largest absolute Gasteiger partial charge is 0.511 e. The van der Waals surface area contributed by atoms with E-state index in [4.69, 9.17) is 9.84 Å². The number of fused-ring (bicyclic) bond motifs is 1. The van der Waals surface area contributed by atoms with Crippen molar-refractivity contribution in [1.29, 1.82) is 5.26 Å². The van der Waals surface area contributed by atoms with Gasteiger partial charge in [0.1, 0.15) is 22.4 Å². The molecule has 9 nitrogen and oxygen atoms in total. The number of nitriles is 1. The molecule has 0 bridgehead atoms. The lowest BCUT2D eigenvalue weighted by Gasteiger charge is -2.15. The molecule has 0 radical (unpaired) electrons. The van der Waals surface area contributed by atoms with Crippen molar-refractivity contribution in [3.63, 3.8) is 0 Å². The van der Waals surface area contributed by atoms with Crippen molar-refractivity contribution in [2.45, 2.75) is 0 Å². The number of carboxylic acid groups (broad SMARTS) is 1. The molecular formula is C26H16N4O5S. The molecule has 1 aliphatic rings. The van der Waals surface area contributed by atoms with Gasteiger partial charge in [-0.05, 0) is 41.3 Å². The minimum atomic E-state index is -1.44. The summed E-state index contributed by atoms with van der Waals surface area (Å²) in [5, 5.41) is 35.3. The van der Waals surface area contributed by atoms with Crippen LogP contribution in [0, 0.1) is 11.3 Å². The Morgan fingerprint density at radius 2 is 1.81 bits per heavy atom. The highest BCUT2D eigenvalue weighted by molar-refractivity contribution is 7.11. The minimum absolute atomic E-state index is 0.108. The van der Waals surface area contributed by atoms with Gasteiger partial charge in [0.2, 0.25) is 0 Å². The van der Waals surface area contributed by atoms with Gasteiger partial charge in [0, 0.05) is 11.1 Å². The van der Waals surface area contributed by atoms with Gasteiger partial charge in [0.15, 0.2) is 5.71 Å². The summed E-state index contributed by atoms with van der Waals surface area (Å²) in [6.45, 7) is 0. The molecular weight excluding hydrogens is 480 g/mol. The maximum atomic E-state index is 13.4. The van der Waals surface area contributed by atoms with Gasteiger partial charge in [-0.2, -0.15) is 10.4 Å². The predicted molar refractivity (Wildman–Crippen MR) is 135 cm³/mol. The van der Waals surface area contributed by atoms with Crippen molar-refractivity contribution in [3.05, 3.63) is 88.6 Å². The molecule has 5 rings (SSSR count). The van der Waals surface area contributed by atoms with E-state index < -0.39 is 12.1 Å². The molecule has 0 fully saturated rings. The van der Waals surface area contributed by atoms with Crippen LogP contribution in [-0.4, -0.2) is 28.0 Å². The number of phenols is 1. The number of hydrogen-bond donors (Lipinski definition) is 3. The molecule has 0 atom stereocenters. The number of thiophene rings is 1. The second-order valence-corrected chi connectivity index (χ2v) is 8.49. The van der Waals surface area contributed by atoms with E-state index in [1.54, 1.807) is 66.0 Å². The summed E-state index contributed by atoms with van der Waals surface area (Å²) in [4.78, 5) is 26.1. The molecule has 3 aromatic carbocycles. The van der Waals surface area contributed by atoms with Crippen molar-refractivity contribution >= 4 is 46.2 Å². The third-order valence-corrected chi connectivity index (χ3v) is 6.28. The average molecular weight is 497 g/mol. The Balaban J connectivity index is 1.49. The maximum absolute atomic E-state index is 13.4. The minimum Gasteiger partial charge on any atom is -0.505 e. The molecule has 0 saturated heterocycles. The topological polar surface area (TPSA) is 135 Å². The van der Waals surface area contributed by atoms with Crippen LogP contribution >= 0.6 is 11.3 Å². The Morgan fingerprint density at radius 1 is 1.03 bits per heavy atom. The molecule has 1 amide bonds. The van der Waals surface area contributed by atoms with E-state index in [2.05, 4.69) is 16.6 Å². The number of amides is 1. The smallest absolute Gasteiger partial charge is 0.505 e. The summed E-state index contributed by atoms with van der Waals surface area (Å²) < 4.78 is 4.70. The van der Waals surface area contributed by atoms with Gasteiger partial charge in [0.25, 0.3) is 5.91 Å². The fourth-order valence-electron chi connectivity index (χ4n) is 3.92. The van der Waals surface area contributed by atoms with Crippen LogP contribution in [0.5, 0.6) is 11.5 Å². The molecule has 1 aromatic heterocycles. The highest BCUT2D eigenvalue weighted by Gasteiger charge is 2.36. The molecule has 1 aliphatic heterocycles. The number of rotatable bonds is 5. The summed E-state index contributed by atoms with van der Waals surface area (Å²) in [6, 6.07) is 22.2. The number of ether oxygens (including phenoxy) is 1. The third kappa shape index (κ3) is 4.00. The fourth-order valence-corrected chi connectivity index (χ4v) is 4.59. The first kappa shape index (κ1) is 22.6. The predicted octanol–water partition coefficient (Wildman–Crippen LogP) is 5.54. The van der Waals surface area contributed by atoms with Gasteiger partial charge >= 0.3 is 6.16 Å². The molecule has 0 unspecified atom stereocenters. The zero-order valence-corrected chi connectivity index (χ0v) is 19.2. The van der Waals surface area contributed by atoms with Crippen molar-refractivity contribution in [2.75, 3.05) is 10.3 Å². The van der Waals surface area contributed by atoms with Crippen LogP contribution in [0.3, 0.4) is 0 Å². The van der Waals surface area contributed by atoms with Crippen molar-refractivity contribution < 1.29 is 24.5 Å². The van der Waals surface area contributed by atoms with E-state index in [9.17, 15) is 20.0 Å². The van der Waals surface area contributed by atoms with Crippen molar-refractivity contribution in [1.82, 2.24) is 0 Å². The second-order valence-electron chi connectivity index (χ2n) is 7.57. The van der Waals surface area contributed by atoms with Crippen LogP contribution in [0.1, 0.15) is 10.4 Å². The Labute approximate surface area is 208 Å². The lowest BCUT2D eigenvalue weighted by molar-refractivity contribution is -0.111. The second kappa shape index (κ2) is 9.25. The fraction of sp³-hybridized carbons (Fsp3) is 0. The first-order valence-electron chi connectivity index (χ1n) is 10.6. The van der Waals surface area contributed by atoms with Crippen molar-refractivity contribution in [2.24, 2.45) is 5.10 Å². The standard InChI is InChI=1S/C26H16N4O5S/c27-14-22-21(11-12-36-22)30-20-10-2-1-7-18(20)23(25(30)32)29-28-19-9-4-8-17(24(19)31)15-5-3-6-16(13-15)35-26(33)34/h1-13,28,31H,(H,33,34). The number of carbonyl (C=O) groups excluding carboxylic acids is 1. The molecule has 176 valence electrons. The number of hydrogen-bond acceptors (Lipinski definition) is 8. The van der Waals surface area contributed by atoms with Gasteiger partial charge < -0.3 is 14.9 Å². The Hall–Kier alpha value is -5.14. The lowest BCUT2D eigenvalue weighted by Crippen LogP contribution is -2.26. The summed E-state index contributed by atoms with van der Waals surface area (Å²) in [5.41, 5.74) is 5.75. The number of nitrogens with one attached hydrogen (secondary N) is 1. The van der Waals surface area contributed by atoms with Crippen LogP contribution < -0.4 is 15.1 Å². The molecule has 0 aliphatic carbocycles. The number of benzene rings is 3. The summed E-state index contributed by atoms with van der Waals surface area (Å²) >= 11 is 1.25. The Morgan fingerprint density at radius 3 is 2.61 bits per heavy atom. The summed E-state index contributed by atoms with van der Waals surface area (Å²) in [5.74, 6) is -0.446. The van der Waals surface area contributed by atoms with Crippen molar-refractivity contribution in [3.8, 4) is 28.7 Å². The van der Waals surface area contributed by atoms with E-state index in [1.807, 2.05) is 0 Å². The monoisotopic (exact) mass is 496 g/mol. The van der Waals surface area contributed by atoms with Crippen LogP contribution in [-0.2, 0) is 4.79 Å². The maximum Gasteiger partial charge on any atom is 0.511 e. The average Bonchev–Trinajstić information content (AvgIpc) is 3.44. The number of aromatic hydroxyl groups is 1. The van der Waals surface area contributed by atoms with Crippen LogP contribution in [0.2, 0.25) is 0 Å². The summed E-state index contributed by atoms with van der Waals surface area (Å²) in [7, 11) is 0. The molecule has 0 spiro atoms. The number of phenolic OH excluding ortho intramolecular Hbond substituents is 1. The van der Waals surface area contributed by atoms with Crippen LogP contribution in [0.15, 0.2) is 83.3 Å². The number of anilines is 3. The van der Waals surface area contributed by atoms with E-state index in [0.29, 0.717) is 32.9 Å². The van der Waals surface area contributed by atoms with Gasteiger partial charge in [-0.25, -0.2) is 4.79 Å². The molecule has 36 heavy (non-hydrogen) atoms. The molecule has 10 heteroatoms. The van der Waals surface area contributed by atoms with E-state index in [1.165, 1.54) is 28.4 Å². The molecule has 0 saturated carbocycles. The first-order chi connectivity index (χ1) is 17.5. The molecule has 2 heterocycles. The number of carbonyl (C=O) groups is 2. The highest BCUT2D eigenvalue weighted by atomic mass is 32.1. The van der Waals surface area contributed by atoms with Gasteiger partial charge in [0.05, 0.1) is 17.1 Å². The zero-order chi connectivity index (χ0) is 25.2. The van der Waals surface area contributed by atoms with Crippen LogP contribution in [0.25, 0.3) is 11.1 Å². The number of hydrazone groups is 1. The SMILES string of the molecule is N#Cc1sccc1N1C(=O)C(=NNc2cccc(-c3cccc(OC(=O)O)c3)c2O)c2ccccc21.